The Labute approximate surface area is 260 Å². The second kappa shape index (κ2) is 14.1. The van der Waals surface area contributed by atoms with E-state index in [0.29, 0.717) is 24.7 Å². The summed E-state index contributed by atoms with van der Waals surface area (Å²) < 4.78 is 16.9. The van der Waals surface area contributed by atoms with Gasteiger partial charge in [-0.1, -0.05) is 78.0 Å². The number of aromatic nitrogens is 2. The monoisotopic (exact) mass is 597 g/mol. The molecule has 2 aromatic heterocycles. The van der Waals surface area contributed by atoms with E-state index in [1.807, 2.05) is 121 Å². The van der Waals surface area contributed by atoms with E-state index in [1.54, 1.807) is 6.92 Å². The summed E-state index contributed by atoms with van der Waals surface area (Å²) in [6.07, 6.45) is 0.432. The van der Waals surface area contributed by atoms with Crippen LogP contribution in [0.25, 0.3) is 21.8 Å². The lowest BCUT2D eigenvalue weighted by Gasteiger charge is -2.17. The van der Waals surface area contributed by atoms with Gasteiger partial charge in [0.05, 0.1) is 29.0 Å². The molecule has 6 aromatic rings. The number of carbonyl (C=O) groups excluding carboxylic acids is 1. The molecule has 0 radical (unpaired) electrons. The Bertz CT molecular complexity index is 1800. The lowest BCUT2D eigenvalue weighted by atomic mass is 10.0. The summed E-state index contributed by atoms with van der Waals surface area (Å²) in [4.78, 5) is 27.0. The number of carbonyl (C=O) groups is 1. The van der Waals surface area contributed by atoms with E-state index in [0.717, 1.165) is 50.5 Å². The average Bonchev–Trinajstić information content (AvgIpc) is 3.09. The van der Waals surface area contributed by atoms with Crippen LogP contribution in [0, 0.1) is 0 Å². The molecule has 0 aliphatic carbocycles. The minimum Gasteiger partial charge on any atom is -0.487 e. The third-order valence-electron chi connectivity index (χ3n) is 7.06. The molecule has 8 nitrogen and oxygen atoms in total. The quantitative estimate of drug-likeness (QED) is 0.0815. The van der Waals surface area contributed by atoms with Gasteiger partial charge in [0.25, 0.3) is 0 Å². The summed E-state index contributed by atoms with van der Waals surface area (Å²) in [5.74, 6) is 0.801. The van der Waals surface area contributed by atoms with Crippen LogP contribution < -0.4 is 9.47 Å². The van der Waals surface area contributed by atoms with Gasteiger partial charge in [-0.15, -0.1) is 0 Å². The Morgan fingerprint density at radius 3 is 1.64 bits per heavy atom. The number of ether oxygens (including phenoxy) is 3. The first kappa shape index (κ1) is 29.3. The zero-order valence-electron chi connectivity index (χ0n) is 24.7. The van der Waals surface area contributed by atoms with Crippen molar-refractivity contribution in [2.24, 2.45) is 5.16 Å². The number of rotatable bonds is 12. The largest absolute Gasteiger partial charge is 0.487 e. The number of oxime groups is 1. The molecule has 0 aliphatic heterocycles. The fourth-order valence-corrected chi connectivity index (χ4v) is 4.80. The van der Waals surface area contributed by atoms with Gasteiger partial charge in [-0.3, -0.25) is 0 Å². The second-order valence-electron chi connectivity index (χ2n) is 10.2. The Morgan fingerprint density at radius 2 is 1.16 bits per heavy atom. The van der Waals surface area contributed by atoms with Crippen LogP contribution in [-0.2, 0) is 27.6 Å². The van der Waals surface area contributed by atoms with Crippen molar-refractivity contribution >= 4 is 34.0 Å². The molecule has 4 aromatic carbocycles. The van der Waals surface area contributed by atoms with Crippen molar-refractivity contribution in [3.63, 3.8) is 0 Å². The molecule has 6 rings (SSSR count). The Morgan fingerprint density at radius 1 is 0.667 bits per heavy atom. The molecule has 0 aliphatic rings. The molecule has 0 saturated heterocycles. The van der Waals surface area contributed by atoms with E-state index < -0.39 is 12.1 Å². The summed E-state index contributed by atoms with van der Waals surface area (Å²) in [6.45, 7) is 2.66. The van der Waals surface area contributed by atoms with Crippen molar-refractivity contribution < 1.29 is 23.8 Å². The Balaban J connectivity index is 1.14. The van der Waals surface area contributed by atoms with E-state index in [-0.39, 0.29) is 6.61 Å². The molecule has 0 N–H and O–H groups in total. The maximum absolute atomic E-state index is 11.8. The molecule has 0 saturated carbocycles. The summed E-state index contributed by atoms with van der Waals surface area (Å²) in [7, 11) is 0. The smallest absolute Gasteiger partial charge is 0.352 e. The maximum Gasteiger partial charge on any atom is 0.352 e. The van der Waals surface area contributed by atoms with Crippen LogP contribution in [-0.4, -0.2) is 28.8 Å². The van der Waals surface area contributed by atoms with Gasteiger partial charge >= 0.3 is 5.97 Å². The normalized spacial score (nSPS) is 11.2. The summed E-state index contributed by atoms with van der Waals surface area (Å²) in [5.41, 5.74) is 5.18. The summed E-state index contributed by atoms with van der Waals surface area (Å²) >= 11 is 0. The van der Waals surface area contributed by atoms with Crippen LogP contribution >= 0.6 is 0 Å². The van der Waals surface area contributed by atoms with Crippen molar-refractivity contribution in [1.82, 2.24) is 9.97 Å². The average molecular weight is 598 g/mol. The molecule has 0 unspecified atom stereocenters. The van der Waals surface area contributed by atoms with Crippen molar-refractivity contribution in [2.75, 3.05) is 6.61 Å². The van der Waals surface area contributed by atoms with Gasteiger partial charge in [-0.25, -0.2) is 14.8 Å². The third-order valence-corrected chi connectivity index (χ3v) is 7.06. The predicted octanol–water partition coefficient (Wildman–Crippen LogP) is 7.60. The van der Waals surface area contributed by atoms with Crippen molar-refractivity contribution in [2.45, 2.75) is 26.2 Å². The molecular formula is C37H31N3O5. The SMILES string of the molecule is CCOC(=O)C=NOC(c1ccc(OCc2ccc3ccccc3n2)cc1)c1ccc(OCc2ccc3ccccc3n2)cc1. The highest BCUT2D eigenvalue weighted by atomic mass is 16.6. The number of hydrogen-bond donors (Lipinski definition) is 0. The van der Waals surface area contributed by atoms with Crippen LogP contribution in [0.1, 0.15) is 35.5 Å². The first-order valence-corrected chi connectivity index (χ1v) is 14.7. The number of hydrogen-bond acceptors (Lipinski definition) is 8. The fraction of sp³-hybridized carbons (Fsp3) is 0.135. The van der Waals surface area contributed by atoms with E-state index in [4.69, 9.17) is 19.0 Å². The molecule has 0 amide bonds. The van der Waals surface area contributed by atoms with Crippen molar-refractivity contribution in [3.8, 4) is 11.5 Å². The number of esters is 1. The number of para-hydroxylation sites is 2. The van der Waals surface area contributed by atoms with E-state index >= 15 is 0 Å². The van der Waals surface area contributed by atoms with Crippen molar-refractivity contribution in [1.29, 1.82) is 0 Å². The summed E-state index contributed by atoms with van der Waals surface area (Å²) in [5, 5.41) is 6.08. The second-order valence-corrected chi connectivity index (χ2v) is 10.2. The molecule has 8 heteroatoms. The summed E-state index contributed by atoms with van der Waals surface area (Å²) in [6, 6.07) is 39.1. The van der Waals surface area contributed by atoms with E-state index in [2.05, 4.69) is 15.1 Å². The van der Waals surface area contributed by atoms with E-state index in [1.165, 1.54) is 0 Å². The highest BCUT2D eigenvalue weighted by Gasteiger charge is 2.17. The maximum atomic E-state index is 11.8. The predicted molar refractivity (Wildman–Crippen MR) is 173 cm³/mol. The minimum absolute atomic E-state index is 0.251. The van der Waals surface area contributed by atoms with Gasteiger partial charge in [0.2, 0.25) is 0 Å². The Hall–Kier alpha value is -5.76. The first-order valence-electron chi connectivity index (χ1n) is 14.7. The number of pyridine rings is 2. The van der Waals surface area contributed by atoms with Gasteiger partial charge in [0, 0.05) is 10.8 Å². The minimum atomic E-state index is -0.594. The fourth-order valence-electron chi connectivity index (χ4n) is 4.80. The van der Waals surface area contributed by atoms with Gasteiger partial charge in [-0.05, 0) is 66.6 Å². The zero-order valence-corrected chi connectivity index (χ0v) is 24.7. The van der Waals surface area contributed by atoms with Crippen LogP contribution in [0.4, 0.5) is 0 Å². The first-order chi connectivity index (χ1) is 22.1. The number of fused-ring (bicyclic) bond motifs is 2. The standard InChI is InChI=1S/C37H31N3O5/c1-2-42-36(41)23-38-45-37(28-13-19-32(20-14-28)43-24-30-17-11-26-7-3-5-9-34(26)39-30)29-15-21-33(22-16-29)44-25-31-18-12-27-8-4-6-10-35(27)40-31/h3-23,37H,2,24-25H2,1H3. The van der Waals surface area contributed by atoms with Gasteiger partial charge in [0.15, 0.2) is 12.3 Å². The zero-order chi connectivity index (χ0) is 30.8. The topological polar surface area (TPSA) is 92.1 Å². The van der Waals surface area contributed by atoms with Crippen molar-refractivity contribution in [3.05, 3.63) is 144 Å². The van der Waals surface area contributed by atoms with Gasteiger partial charge < -0.3 is 19.0 Å². The highest BCUT2D eigenvalue weighted by molar-refractivity contribution is 6.22. The van der Waals surface area contributed by atoms with Gasteiger partial charge in [-0.2, -0.15) is 0 Å². The van der Waals surface area contributed by atoms with Crippen LogP contribution in [0.5, 0.6) is 11.5 Å². The number of nitrogens with zero attached hydrogens (tertiary/aromatic N) is 3. The van der Waals surface area contributed by atoms with Crippen LogP contribution in [0.3, 0.4) is 0 Å². The number of benzene rings is 4. The van der Waals surface area contributed by atoms with Crippen LogP contribution in [0.2, 0.25) is 0 Å². The Kier molecular flexibility index (Phi) is 9.21. The molecular weight excluding hydrogens is 566 g/mol. The molecule has 0 fully saturated rings. The third kappa shape index (κ3) is 7.61. The lowest BCUT2D eigenvalue weighted by molar-refractivity contribution is -0.134. The highest BCUT2D eigenvalue weighted by Crippen LogP contribution is 2.30. The molecule has 45 heavy (non-hydrogen) atoms. The van der Waals surface area contributed by atoms with Crippen LogP contribution in [0.15, 0.2) is 126 Å². The molecule has 2 heterocycles. The lowest BCUT2D eigenvalue weighted by Crippen LogP contribution is -2.08. The molecule has 0 spiro atoms. The van der Waals surface area contributed by atoms with E-state index in [9.17, 15) is 4.79 Å². The molecule has 0 atom stereocenters. The van der Waals surface area contributed by atoms with Gasteiger partial charge in [0.1, 0.15) is 24.7 Å². The molecule has 224 valence electrons. The molecule has 0 bridgehead atoms.